The molecule has 0 spiro atoms. The number of likely N-dealkylation sites (tertiary alicyclic amines) is 1. The first-order valence-corrected chi connectivity index (χ1v) is 6.66. The number of nitrogens with zero attached hydrogens (tertiary/aromatic N) is 1. The number of hydrogen-bond acceptors (Lipinski definition) is 3. The molecule has 2 aliphatic heterocycles. The molecule has 3 heteroatoms. The van der Waals surface area contributed by atoms with Crippen LogP contribution in [0.3, 0.4) is 0 Å². The minimum Gasteiger partial charge on any atom is -0.313 e. The molecule has 76 valence electrons. The molecule has 2 fully saturated rings. The summed E-state index contributed by atoms with van der Waals surface area (Å²) in [6.07, 6.45) is 6.40. The number of thioether (sulfide) groups is 1. The van der Waals surface area contributed by atoms with Crippen LogP contribution in [0.15, 0.2) is 0 Å². The first kappa shape index (κ1) is 9.81. The summed E-state index contributed by atoms with van der Waals surface area (Å²) in [5.74, 6) is 0. The fraction of sp³-hybridized carbons (Fsp3) is 1.00. The van der Waals surface area contributed by atoms with Crippen molar-refractivity contribution >= 4 is 11.8 Å². The van der Waals surface area contributed by atoms with E-state index in [2.05, 4.69) is 16.5 Å². The zero-order valence-corrected chi connectivity index (χ0v) is 9.28. The Balaban J connectivity index is 1.70. The van der Waals surface area contributed by atoms with Gasteiger partial charge in [-0.2, -0.15) is 11.8 Å². The minimum atomic E-state index is 0.792. The van der Waals surface area contributed by atoms with E-state index < -0.39 is 0 Å². The predicted molar refractivity (Wildman–Crippen MR) is 59.4 cm³/mol. The van der Waals surface area contributed by atoms with Gasteiger partial charge in [0.2, 0.25) is 0 Å². The van der Waals surface area contributed by atoms with Gasteiger partial charge in [-0.1, -0.05) is 0 Å². The van der Waals surface area contributed by atoms with E-state index in [1.165, 1.54) is 45.4 Å². The molecule has 1 N–H and O–H groups in total. The molecule has 1 unspecified atom stereocenters. The maximum Gasteiger partial charge on any atom is 0.0195 e. The Hall–Kier alpha value is 0.270. The van der Waals surface area contributed by atoms with Crippen LogP contribution in [0.2, 0.25) is 0 Å². The largest absolute Gasteiger partial charge is 0.313 e. The molecule has 0 aliphatic carbocycles. The maximum atomic E-state index is 3.57. The summed E-state index contributed by atoms with van der Waals surface area (Å²) in [6, 6.07) is 0.792. The lowest BCUT2D eigenvalue weighted by atomic mass is 10.2. The van der Waals surface area contributed by atoms with Crippen molar-refractivity contribution in [3.05, 3.63) is 0 Å². The van der Waals surface area contributed by atoms with Crippen LogP contribution in [0, 0.1) is 0 Å². The molecule has 0 radical (unpaired) electrons. The van der Waals surface area contributed by atoms with E-state index in [-0.39, 0.29) is 0 Å². The molecule has 0 aromatic heterocycles. The highest BCUT2D eigenvalue weighted by Crippen LogP contribution is 2.21. The van der Waals surface area contributed by atoms with Gasteiger partial charge in [0.25, 0.3) is 0 Å². The quantitative estimate of drug-likeness (QED) is 0.736. The molecule has 2 atom stereocenters. The second-order valence-corrected chi connectivity index (χ2v) is 5.34. The third-order valence-corrected chi connectivity index (χ3v) is 4.25. The van der Waals surface area contributed by atoms with Crippen molar-refractivity contribution in [3.63, 3.8) is 0 Å². The van der Waals surface area contributed by atoms with Crippen LogP contribution in [-0.2, 0) is 0 Å². The fourth-order valence-corrected chi connectivity index (χ4v) is 3.08. The molecular weight excluding hydrogens is 180 g/mol. The summed E-state index contributed by atoms with van der Waals surface area (Å²) in [5, 5.41) is 4.47. The highest BCUT2D eigenvalue weighted by atomic mass is 32.2. The zero-order chi connectivity index (χ0) is 9.10. The lowest BCUT2D eigenvalue weighted by Gasteiger charge is -2.20. The van der Waals surface area contributed by atoms with Crippen molar-refractivity contribution in [1.82, 2.24) is 10.2 Å². The molecule has 2 heterocycles. The fourth-order valence-electron chi connectivity index (χ4n) is 2.38. The zero-order valence-electron chi connectivity index (χ0n) is 8.46. The summed E-state index contributed by atoms with van der Waals surface area (Å²) < 4.78 is 0. The number of nitrogens with one attached hydrogen (secondary N) is 1. The maximum absolute atomic E-state index is 3.57. The highest BCUT2D eigenvalue weighted by Gasteiger charge is 2.24. The standard InChI is InChI=1S/C10H20N2S/c1-13-10-4-6-12(8-10)7-9-3-2-5-11-9/h9-11H,2-8H2,1H3/t9-,10?/m0/s1. The first-order chi connectivity index (χ1) is 6.38. The Kier molecular flexibility index (Phi) is 3.52. The van der Waals surface area contributed by atoms with Crippen molar-refractivity contribution in [2.45, 2.75) is 30.6 Å². The normalized spacial score (nSPS) is 35.8. The summed E-state index contributed by atoms with van der Waals surface area (Å²) in [4.78, 5) is 2.63. The van der Waals surface area contributed by atoms with Crippen LogP contribution in [0.1, 0.15) is 19.3 Å². The van der Waals surface area contributed by atoms with E-state index in [1.807, 2.05) is 11.8 Å². The molecule has 0 bridgehead atoms. The Bertz CT molecular complexity index is 157. The molecule has 13 heavy (non-hydrogen) atoms. The Labute approximate surface area is 85.4 Å². The monoisotopic (exact) mass is 200 g/mol. The first-order valence-electron chi connectivity index (χ1n) is 5.37. The van der Waals surface area contributed by atoms with E-state index in [0.29, 0.717) is 0 Å². The second kappa shape index (κ2) is 4.67. The minimum absolute atomic E-state index is 0.792. The highest BCUT2D eigenvalue weighted by molar-refractivity contribution is 7.99. The predicted octanol–water partition coefficient (Wildman–Crippen LogP) is 1.18. The SMILES string of the molecule is CSC1CCN(C[C@@H]2CCCN2)C1. The lowest BCUT2D eigenvalue weighted by molar-refractivity contribution is 0.304. The van der Waals surface area contributed by atoms with Crippen molar-refractivity contribution in [1.29, 1.82) is 0 Å². The summed E-state index contributed by atoms with van der Waals surface area (Å²) in [6.45, 7) is 5.17. The van der Waals surface area contributed by atoms with Gasteiger partial charge in [0.1, 0.15) is 0 Å². The van der Waals surface area contributed by atoms with Gasteiger partial charge in [0, 0.05) is 24.4 Å². The third kappa shape index (κ3) is 2.61. The third-order valence-electron chi connectivity index (χ3n) is 3.20. The van der Waals surface area contributed by atoms with Gasteiger partial charge in [-0.25, -0.2) is 0 Å². The van der Waals surface area contributed by atoms with E-state index in [0.717, 1.165) is 11.3 Å². The van der Waals surface area contributed by atoms with Gasteiger partial charge in [-0.15, -0.1) is 0 Å². The van der Waals surface area contributed by atoms with Crippen molar-refractivity contribution in [2.24, 2.45) is 0 Å². The Morgan fingerprint density at radius 3 is 3.00 bits per heavy atom. The van der Waals surface area contributed by atoms with E-state index >= 15 is 0 Å². The van der Waals surface area contributed by atoms with Crippen LogP contribution >= 0.6 is 11.8 Å². The Morgan fingerprint density at radius 2 is 2.38 bits per heavy atom. The smallest absolute Gasteiger partial charge is 0.0195 e. The molecule has 0 aromatic rings. The van der Waals surface area contributed by atoms with Crippen LogP contribution in [0.25, 0.3) is 0 Å². The molecule has 2 aliphatic rings. The average molecular weight is 200 g/mol. The van der Waals surface area contributed by atoms with Crippen LogP contribution in [-0.4, -0.2) is 48.6 Å². The average Bonchev–Trinajstić information content (AvgIpc) is 2.76. The molecule has 0 saturated carbocycles. The summed E-state index contributed by atoms with van der Waals surface area (Å²) in [7, 11) is 0. The van der Waals surface area contributed by atoms with Crippen molar-refractivity contribution in [2.75, 3.05) is 32.4 Å². The van der Waals surface area contributed by atoms with E-state index in [9.17, 15) is 0 Å². The van der Waals surface area contributed by atoms with Gasteiger partial charge in [0.15, 0.2) is 0 Å². The van der Waals surface area contributed by atoms with Crippen molar-refractivity contribution in [3.8, 4) is 0 Å². The van der Waals surface area contributed by atoms with E-state index in [1.54, 1.807) is 0 Å². The lowest BCUT2D eigenvalue weighted by Crippen LogP contribution is -2.36. The van der Waals surface area contributed by atoms with Gasteiger partial charge < -0.3 is 10.2 Å². The molecule has 0 aromatic carbocycles. The van der Waals surface area contributed by atoms with Gasteiger partial charge in [0.05, 0.1) is 0 Å². The summed E-state index contributed by atoms with van der Waals surface area (Å²) in [5.41, 5.74) is 0. The van der Waals surface area contributed by atoms with Gasteiger partial charge in [-0.05, 0) is 38.6 Å². The Morgan fingerprint density at radius 1 is 1.46 bits per heavy atom. The van der Waals surface area contributed by atoms with Gasteiger partial charge >= 0.3 is 0 Å². The topological polar surface area (TPSA) is 15.3 Å². The molecule has 0 amide bonds. The van der Waals surface area contributed by atoms with Crippen molar-refractivity contribution < 1.29 is 0 Å². The van der Waals surface area contributed by atoms with Gasteiger partial charge in [-0.3, -0.25) is 0 Å². The molecule has 2 nitrogen and oxygen atoms in total. The van der Waals surface area contributed by atoms with Crippen LogP contribution in [0.5, 0.6) is 0 Å². The van der Waals surface area contributed by atoms with Crippen LogP contribution < -0.4 is 5.32 Å². The number of rotatable bonds is 3. The number of hydrogen-bond donors (Lipinski definition) is 1. The molecule has 2 saturated heterocycles. The second-order valence-electron chi connectivity index (χ2n) is 4.20. The summed E-state index contributed by atoms with van der Waals surface area (Å²) >= 11 is 2.03. The molecule has 2 rings (SSSR count). The van der Waals surface area contributed by atoms with E-state index in [4.69, 9.17) is 0 Å². The van der Waals surface area contributed by atoms with Crippen LogP contribution in [0.4, 0.5) is 0 Å². The molecular formula is C10H20N2S.